The molecule has 0 fully saturated rings. The van der Waals surface area contributed by atoms with Crippen LogP contribution in [0.25, 0.3) is 0 Å². The molecule has 8 heavy (non-hydrogen) atoms. The van der Waals surface area contributed by atoms with E-state index in [2.05, 4.69) is 0 Å². The fraction of sp³-hybridized carbons (Fsp3) is 0. The van der Waals surface area contributed by atoms with Crippen molar-refractivity contribution < 1.29 is 36.4 Å². The topological polar surface area (TPSA) is 77.8 Å². The second-order valence-electron chi connectivity index (χ2n) is 0.513. The summed E-state index contributed by atoms with van der Waals surface area (Å²) in [6.45, 7) is 0. The number of phosphoric acid groups is 1. The number of hydrogen-bond acceptors (Lipinski definition) is 1. The first-order valence-corrected chi connectivity index (χ1v) is 2.35. The van der Waals surface area contributed by atoms with Gasteiger partial charge in [0, 0.05) is 0 Å². The van der Waals surface area contributed by atoms with Gasteiger partial charge in [0.25, 0.3) is 0 Å². The molecule has 0 unspecified atom stereocenters. The van der Waals surface area contributed by atoms with Gasteiger partial charge in [-0.2, -0.15) is 0 Å². The summed E-state index contributed by atoms with van der Waals surface area (Å²) in [6, 6.07) is 0. The van der Waals surface area contributed by atoms with Gasteiger partial charge in [-0.15, -0.1) is 0 Å². The Morgan fingerprint density at radius 2 is 1.00 bits per heavy atom. The van der Waals surface area contributed by atoms with E-state index in [-0.39, 0.29) is 106 Å². The Kier molecular flexibility index (Phi) is 28.4. The first-order chi connectivity index (χ1) is 2.00. The van der Waals surface area contributed by atoms with Crippen molar-refractivity contribution in [3.63, 3.8) is 0 Å². The van der Waals surface area contributed by atoms with Crippen LogP contribution in [-0.2, 0) is 4.57 Å². The minimum atomic E-state index is -4.64. The average Bonchev–Trinajstić information content (AvgIpc) is 0.722. The van der Waals surface area contributed by atoms with E-state index in [0.29, 0.717) is 0 Å². The predicted octanol–water partition coefficient (Wildman–Crippen LogP) is -1.52. The van der Waals surface area contributed by atoms with E-state index in [4.69, 9.17) is 19.2 Å². The van der Waals surface area contributed by atoms with Gasteiger partial charge in [-0.1, -0.05) is 0 Å². The molecule has 0 radical (unpaired) electrons. The molecule has 4 nitrogen and oxygen atoms in total. The summed E-state index contributed by atoms with van der Waals surface area (Å²) in [7, 11) is -4.64. The summed E-state index contributed by atoms with van der Waals surface area (Å²) in [6.07, 6.45) is 0. The molecule has 38 valence electrons. The molecule has 0 aliphatic carbocycles. The van der Waals surface area contributed by atoms with Crippen molar-refractivity contribution in [2.45, 2.75) is 0 Å². The molecule has 0 aromatic heterocycles. The summed E-state index contributed by atoms with van der Waals surface area (Å²) in [5.74, 6) is 0. The number of hydrogen-bond donors (Lipinski definition) is 3. The monoisotopic (exact) mass is 182 g/mol. The van der Waals surface area contributed by atoms with Crippen molar-refractivity contribution in [3.05, 3.63) is 0 Å². The molecule has 3 N–H and O–H groups in total. The summed E-state index contributed by atoms with van der Waals surface area (Å²) in [4.78, 5) is 21.6. The van der Waals surface area contributed by atoms with Gasteiger partial charge in [-0.3, -0.25) is 0 Å². The van der Waals surface area contributed by atoms with Crippen molar-refractivity contribution in [3.8, 4) is 0 Å². The van der Waals surface area contributed by atoms with E-state index in [9.17, 15) is 0 Å². The molecule has 0 amide bonds. The molecule has 0 rings (SSSR count). The van der Waals surface area contributed by atoms with Gasteiger partial charge in [0.15, 0.2) is 0 Å². The third kappa shape index (κ3) is 61.9. The van der Waals surface area contributed by atoms with E-state index in [1.54, 1.807) is 0 Å². The molecule has 0 aromatic carbocycles. The van der Waals surface area contributed by atoms with Crippen LogP contribution in [-0.4, -0.2) is 103 Å². The quantitative estimate of drug-likeness (QED) is 0.314. The van der Waals surface area contributed by atoms with Gasteiger partial charge in [0.2, 0.25) is 0 Å². The third-order valence-corrected chi connectivity index (χ3v) is 0. The molecule has 0 aliphatic heterocycles. The Morgan fingerprint density at radius 1 is 1.00 bits per heavy atom. The second-order valence-corrected chi connectivity index (χ2v) is 1.54. The standard InChI is InChI=1S/3Na.H3O4P.3H/c;;;1-5(2,3)4;;;/h;;;(H3,1,2,3,4);;;/p+12. The Balaban J connectivity index is -0.000000000762. The molecular formula is H18Na3O4P+12. The molecule has 0 aliphatic rings. The SMILES string of the molecule is O=P(O)(O)O.[H+].[H+].[H+].[H+].[H+].[H+].[H+].[H+].[H+].[H+].[H+].[H+].[NaH].[NaH].[NaH]. The van der Waals surface area contributed by atoms with Gasteiger partial charge in [0.1, 0.15) is 0 Å². The Bertz CT molecular complexity index is 76.8. The van der Waals surface area contributed by atoms with Gasteiger partial charge in [0.05, 0.1) is 0 Å². The van der Waals surface area contributed by atoms with Crippen molar-refractivity contribution in [2.75, 3.05) is 0 Å². The van der Waals surface area contributed by atoms with Crippen LogP contribution in [0.1, 0.15) is 17.1 Å². The van der Waals surface area contributed by atoms with Crippen molar-refractivity contribution in [1.82, 2.24) is 0 Å². The van der Waals surface area contributed by atoms with Crippen LogP contribution in [0.3, 0.4) is 0 Å². The normalized spacial score (nSPS) is 7.38. The zero-order valence-electron chi connectivity index (χ0n) is 14.2. The average molecular weight is 182 g/mol. The second kappa shape index (κ2) is 10.1. The summed E-state index contributed by atoms with van der Waals surface area (Å²) >= 11 is 0. The zero-order chi connectivity index (χ0) is 4.50. The molecular weight excluding hydrogens is 164 g/mol. The molecule has 0 saturated carbocycles. The van der Waals surface area contributed by atoms with Crippen molar-refractivity contribution >= 4 is 96.5 Å². The zero-order valence-corrected chi connectivity index (χ0v) is 3.09. The van der Waals surface area contributed by atoms with Crippen LogP contribution in [0.2, 0.25) is 0 Å². The van der Waals surface area contributed by atoms with E-state index in [1.165, 1.54) is 0 Å². The molecule has 0 atom stereocenters. The maximum atomic E-state index is 8.88. The van der Waals surface area contributed by atoms with Crippen LogP contribution in [0.15, 0.2) is 0 Å². The Morgan fingerprint density at radius 3 is 1.00 bits per heavy atom. The Hall–Kier alpha value is 3.11. The molecule has 0 bridgehead atoms. The van der Waals surface area contributed by atoms with Crippen molar-refractivity contribution in [2.24, 2.45) is 0 Å². The molecule has 0 heterocycles. The van der Waals surface area contributed by atoms with E-state index < -0.39 is 7.82 Å². The third-order valence-electron chi connectivity index (χ3n) is 0. The fourth-order valence-corrected chi connectivity index (χ4v) is 0. The maximum absolute atomic E-state index is 8.88. The van der Waals surface area contributed by atoms with Crippen molar-refractivity contribution in [1.29, 1.82) is 0 Å². The summed E-state index contributed by atoms with van der Waals surface area (Å²) in [5.41, 5.74) is 0. The minimum absolute atomic E-state index is 0. The van der Waals surface area contributed by atoms with Gasteiger partial charge in [-0.05, 0) is 0 Å². The van der Waals surface area contributed by atoms with E-state index in [1.807, 2.05) is 0 Å². The first kappa shape index (κ1) is 22.5. The predicted molar refractivity (Wildman–Crippen MR) is 49.1 cm³/mol. The summed E-state index contributed by atoms with van der Waals surface area (Å²) < 4.78 is 8.88. The summed E-state index contributed by atoms with van der Waals surface area (Å²) in [5, 5.41) is 0. The molecule has 0 aromatic rings. The number of rotatable bonds is 0. The first-order valence-electron chi connectivity index (χ1n) is 0.783. The van der Waals surface area contributed by atoms with Crippen LogP contribution < -0.4 is 0 Å². The Labute approximate surface area is 131 Å². The van der Waals surface area contributed by atoms with E-state index >= 15 is 0 Å². The van der Waals surface area contributed by atoms with Crippen LogP contribution in [0.4, 0.5) is 0 Å². The van der Waals surface area contributed by atoms with Crippen LogP contribution in [0, 0.1) is 0 Å². The molecule has 0 saturated heterocycles. The van der Waals surface area contributed by atoms with Gasteiger partial charge >= 0.3 is 114 Å². The van der Waals surface area contributed by atoms with Gasteiger partial charge < -0.3 is 14.7 Å². The van der Waals surface area contributed by atoms with Crippen LogP contribution in [0.5, 0.6) is 0 Å². The van der Waals surface area contributed by atoms with Gasteiger partial charge in [-0.25, -0.2) is 4.57 Å². The fourth-order valence-electron chi connectivity index (χ4n) is 0. The van der Waals surface area contributed by atoms with Crippen LogP contribution >= 0.6 is 7.82 Å². The molecule has 8 heteroatoms. The van der Waals surface area contributed by atoms with E-state index in [0.717, 1.165) is 0 Å². The molecule has 0 spiro atoms.